The second kappa shape index (κ2) is 8.25. The van der Waals surface area contributed by atoms with E-state index >= 15 is 0 Å². The van der Waals surface area contributed by atoms with Gasteiger partial charge in [-0.1, -0.05) is 60.6 Å². The number of carbonyl (C=O) groups excluding carboxylic acids is 1. The predicted octanol–water partition coefficient (Wildman–Crippen LogP) is 6.28. The smallest absolute Gasteiger partial charge is 0.163 e. The normalized spacial score (nSPS) is 13.2. The molecular formula is C20H33OP. The number of rotatable bonds is 7. The molecule has 2 atom stereocenters. The van der Waals surface area contributed by atoms with Crippen molar-refractivity contribution in [2.24, 2.45) is 0 Å². The summed E-state index contributed by atoms with van der Waals surface area (Å²) in [6.45, 7) is 15.4. The van der Waals surface area contributed by atoms with E-state index in [0.29, 0.717) is 35.6 Å². The Balaban J connectivity index is 3.41. The fourth-order valence-corrected chi connectivity index (χ4v) is 2.93. The fraction of sp³-hybridized carbons (Fsp3) is 0.650. The Kier molecular flexibility index (Phi) is 7.26. The maximum absolute atomic E-state index is 12.9. The first-order valence-electron chi connectivity index (χ1n) is 8.61. The molecule has 0 aliphatic carbocycles. The van der Waals surface area contributed by atoms with Gasteiger partial charge in [-0.05, 0) is 46.5 Å². The molecule has 0 saturated carbocycles. The standard InChI is InChI=1S/C20H33OP/c1-12(2)16-10-17(13(3)4)20(18(11-16)14(5)6)19(21)9-8-15(7)22/h10-15H,8-9,22H2,1-7H3. The first-order chi connectivity index (χ1) is 10.1. The molecule has 1 nitrogen and oxygen atoms in total. The number of carbonyl (C=O) groups is 1. The van der Waals surface area contributed by atoms with Crippen LogP contribution >= 0.6 is 9.24 Å². The summed E-state index contributed by atoms with van der Waals surface area (Å²) >= 11 is 0. The molecule has 0 fully saturated rings. The number of ketones is 1. The van der Waals surface area contributed by atoms with Crippen molar-refractivity contribution in [1.29, 1.82) is 0 Å². The van der Waals surface area contributed by atoms with Crippen LogP contribution < -0.4 is 0 Å². The average Bonchev–Trinajstić information content (AvgIpc) is 2.42. The number of hydrogen-bond acceptors (Lipinski definition) is 1. The number of hydrogen-bond donors (Lipinski definition) is 0. The first-order valence-corrected chi connectivity index (χ1v) is 9.28. The Bertz CT molecular complexity index is 483. The zero-order valence-corrected chi connectivity index (χ0v) is 16.5. The Morgan fingerprint density at radius 3 is 1.68 bits per heavy atom. The highest BCUT2D eigenvalue weighted by atomic mass is 31.0. The van der Waals surface area contributed by atoms with Gasteiger partial charge < -0.3 is 0 Å². The van der Waals surface area contributed by atoms with Gasteiger partial charge in [0.1, 0.15) is 0 Å². The molecule has 0 aliphatic heterocycles. The van der Waals surface area contributed by atoms with Crippen molar-refractivity contribution in [2.75, 3.05) is 0 Å². The number of benzene rings is 1. The van der Waals surface area contributed by atoms with E-state index in [2.05, 4.69) is 69.8 Å². The Hall–Kier alpha value is -0.680. The minimum absolute atomic E-state index is 0.317. The molecule has 0 amide bonds. The van der Waals surface area contributed by atoms with Crippen molar-refractivity contribution >= 4 is 15.0 Å². The molecule has 1 aromatic rings. The van der Waals surface area contributed by atoms with Crippen LogP contribution in [0.4, 0.5) is 0 Å². The van der Waals surface area contributed by atoms with Gasteiger partial charge in [-0.3, -0.25) is 4.79 Å². The minimum Gasteiger partial charge on any atom is -0.294 e. The zero-order chi connectivity index (χ0) is 17.0. The van der Waals surface area contributed by atoms with Crippen LogP contribution in [0.15, 0.2) is 12.1 Å². The van der Waals surface area contributed by atoms with Gasteiger partial charge in [0, 0.05) is 12.0 Å². The van der Waals surface area contributed by atoms with E-state index in [-0.39, 0.29) is 0 Å². The highest BCUT2D eigenvalue weighted by Gasteiger charge is 2.22. The maximum atomic E-state index is 12.9. The summed E-state index contributed by atoms with van der Waals surface area (Å²) in [6, 6.07) is 4.52. The largest absolute Gasteiger partial charge is 0.294 e. The summed E-state index contributed by atoms with van der Waals surface area (Å²) < 4.78 is 0. The van der Waals surface area contributed by atoms with E-state index in [4.69, 9.17) is 0 Å². The van der Waals surface area contributed by atoms with Crippen molar-refractivity contribution in [1.82, 2.24) is 0 Å². The molecule has 0 heterocycles. The molecule has 2 heteroatoms. The first kappa shape index (κ1) is 19.4. The van der Waals surface area contributed by atoms with Crippen molar-refractivity contribution in [3.63, 3.8) is 0 Å². The Morgan fingerprint density at radius 2 is 1.36 bits per heavy atom. The van der Waals surface area contributed by atoms with Gasteiger partial charge in [-0.15, -0.1) is 9.24 Å². The monoisotopic (exact) mass is 320 g/mol. The molecule has 0 aliphatic rings. The van der Waals surface area contributed by atoms with Gasteiger partial charge in [0.2, 0.25) is 0 Å². The highest BCUT2D eigenvalue weighted by Crippen LogP contribution is 2.33. The number of Topliss-reactive ketones (excluding diaryl/α,β-unsaturated/α-hetero) is 1. The van der Waals surface area contributed by atoms with E-state index in [9.17, 15) is 4.79 Å². The minimum atomic E-state index is 0.317. The molecule has 124 valence electrons. The molecule has 0 saturated heterocycles. The van der Waals surface area contributed by atoms with Gasteiger partial charge in [0.05, 0.1) is 0 Å². The van der Waals surface area contributed by atoms with Crippen molar-refractivity contribution < 1.29 is 4.79 Å². The third-order valence-corrected chi connectivity index (χ3v) is 4.57. The lowest BCUT2D eigenvalue weighted by atomic mass is 9.82. The summed E-state index contributed by atoms with van der Waals surface area (Å²) in [5.74, 6) is 1.57. The quantitative estimate of drug-likeness (QED) is 0.426. The van der Waals surface area contributed by atoms with Crippen LogP contribution in [0.1, 0.15) is 106 Å². The van der Waals surface area contributed by atoms with Gasteiger partial charge in [-0.25, -0.2) is 0 Å². The second-order valence-electron chi connectivity index (χ2n) is 7.48. The second-order valence-corrected chi connectivity index (χ2v) is 8.62. The lowest BCUT2D eigenvalue weighted by Crippen LogP contribution is -2.13. The third-order valence-electron chi connectivity index (χ3n) is 4.24. The van der Waals surface area contributed by atoms with Crippen LogP contribution in [0, 0.1) is 0 Å². The zero-order valence-electron chi connectivity index (χ0n) is 15.4. The molecule has 1 aromatic carbocycles. The van der Waals surface area contributed by atoms with Crippen LogP contribution in [0.2, 0.25) is 0 Å². The van der Waals surface area contributed by atoms with E-state index in [1.165, 1.54) is 16.7 Å². The maximum Gasteiger partial charge on any atom is 0.163 e. The van der Waals surface area contributed by atoms with Crippen LogP contribution in [-0.2, 0) is 0 Å². The van der Waals surface area contributed by atoms with Gasteiger partial charge in [-0.2, -0.15) is 0 Å². The van der Waals surface area contributed by atoms with E-state index in [1.807, 2.05) is 0 Å². The molecule has 0 N–H and O–H groups in total. The third kappa shape index (κ3) is 4.92. The van der Waals surface area contributed by atoms with Crippen LogP contribution in [0.3, 0.4) is 0 Å². The van der Waals surface area contributed by atoms with Crippen LogP contribution in [0.25, 0.3) is 0 Å². The highest BCUT2D eigenvalue weighted by molar-refractivity contribution is 7.17. The SMILES string of the molecule is CC(P)CCC(=O)c1c(C(C)C)cc(C(C)C)cc1C(C)C. The summed E-state index contributed by atoms with van der Waals surface area (Å²) in [6.07, 6.45) is 1.58. The molecule has 0 aromatic heterocycles. The van der Waals surface area contributed by atoms with Crippen molar-refractivity contribution in [3.05, 3.63) is 34.4 Å². The molecule has 0 spiro atoms. The van der Waals surface area contributed by atoms with Gasteiger partial charge >= 0.3 is 0 Å². The van der Waals surface area contributed by atoms with E-state index in [0.717, 1.165) is 12.0 Å². The average molecular weight is 320 g/mol. The Labute approximate surface area is 139 Å². The molecule has 2 unspecified atom stereocenters. The topological polar surface area (TPSA) is 17.1 Å². The van der Waals surface area contributed by atoms with E-state index < -0.39 is 0 Å². The lowest BCUT2D eigenvalue weighted by Gasteiger charge is -2.22. The Morgan fingerprint density at radius 1 is 0.909 bits per heavy atom. The van der Waals surface area contributed by atoms with Crippen LogP contribution in [0.5, 0.6) is 0 Å². The molecule has 22 heavy (non-hydrogen) atoms. The molecule has 0 radical (unpaired) electrons. The van der Waals surface area contributed by atoms with Crippen molar-refractivity contribution in [2.45, 2.75) is 84.7 Å². The van der Waals surface area contributed by atoms with Gasteiger partial charge in [0.15, 0.2) is 5.78 Å². The summed E-state index contributed by atoms with van der Waals surface area (Å²) in [7, 11) is 2.79. The van der Waals surface area contributed by atoms with Crippen LogP contribution in [-0.4, -0.2) is 11.4 Å². The van der Waals surface area contributed by atoms with E-state index in [1.54, 1.807) is 0 Å². The summed E-state index contributed by atoms with van der Waals surface area (Å²) in [4.78, 5) is 12.9. The van der Waals surface area contributed by atoms with Crippen molar-refractivity contribution in [3.8, 4) is 0 Å². The van der Waals surface area contributed by atoms with Gasteiger partial charge in [0.25, 0.3) is 0 Å². The molecule has 1 rings (SSSR count). The lowest BCUT2D eigenvalue weighted by molar-refractivity contribution is 0.0977. The fourth-order valence-electron chi connectivity index (χ4n) is 2.76. The summed E-state index contributed by atoms with van der Waals surface area (Å²) in [5.41, 5.74) is 5.31. The predicted molar refractivity (Wildman–Crippen MR) is 101 cm³/mol. The summed E-state index contributed by atoms with van der Waals surface area (Å²) in [5, 5.41) is 0. The molecular weight excluding hydrogens is 287 g/mol. The molecule has 0 bridgehead atoms.